The van der Waals surface area contributed by atoms with Crippen LogP contribution in [-0.2, 0) is 0 Å². The maximum atomic E-state index is 12.4. The molecule has 0 aliphatic carbocycles. The van der Waals surface area contributed by atoms with E-state index in [0.29, 0.717) is 17.1 Å². The van der Waals surface area contributed by atoms with Crippen molar-refractivity contribution in [3.05, 3.63) is 60.0 Å². The van der Waals surface area contributed by atoms with Gasteiger partial charge in [0.05, 0.1) is 17.3 Å². The number of nitriles is 1. The largest absolute Gasteiger partial charge is 0.328 e. The van der Waals surface area contributed by atoms with Gasteiger partial charge in [0, 0.05) is 6.20 Å². The molecule has 3 rings (SSSR count). The summed E-state index contributed by atoms with van der Waals surface area (Å²) in [5, 5.41) is 23.1. The number of hydrogen-bond donors (Lipinski definition) is 2. The highest BCUT2D eigenvalue weighted by atomic mass is 16.2. The fourth-order valence-electron chi connectivity index (χ4n) is 2.59. The molecule has 0 spiro atoms. The second-order valence-corrected chi connectivity index (χ2v) is 5.96. The number of hydrogen-bond acceptors (Lipinski definition) is 4. The SMILES string of the molecule is CC(C)C(NC(=O)Nc1ccccc1C#N)c1nnc2ccccn12. The lowest BCUT2D eigenvalue weighted by atomic mass is 10.0. The molecule has 7 heteroatoms. The number of benzene rings is 1. The second-order valence-electron chi connectivity index (χ2n) is 5.96. The summed E-state index contributed by atoms with van der Waals surface area (Å²) < 4.78 is 1.86. The van der Waals surface area contributed by atoms with Crippen LogP contribution >= 0.6 is 0 Å². The molecule has 0 bridgehead atoms. The quantitative estimate of drug-likeness (QED) is 0.766. The zero-order valence-electron chi connectivity index (χ0n) is 14.0. The van der Waals surface area contributed by atoms with E-state index >= 15 is 0 Å². The standard InChI is InChI=1S/C18H18N6O/c1-12(2)16(17-23-22-15-9-5-6-10-24(15)17)21-18(25)20-14-8-4-3-7-13(14)11-19/h3-10,12,16H,1-2H3,(H2,20,21,25). The van der Waals surface area contributed by atoms with E-state index in [2.05, 4.69) is 26.9 Å². The summed E-state index contributed by atoms with van der Waals surface area (Å²) in [5.74, 6) is 0.763. The van der Waals surface area contributed by atoms with Crippen molar-refractivity contribution >= 4 is 17.4 Å². The molecule has 2 aromatic heterocycles. The van der Waals surface area contributed by atoms with Gasteiger partial charge in [-0.3, -0.25) is 4.40 Å². The van der Waals surface area contributed by atoms with Crippen molar-refractivity contribution < 1.29 is 4.79 Å². The first-order chi connectivity index (χ1) is 12.1. The zero-order valence-corrected chi connectivity index (χ0v) is 14.0. The summed E-state index contributed by atoms with van der Waals surface area (Å²) in [6, 6.07) is 13.8. The highest BCUT2D eigenvalue weighted by Crippen LogP contribution is 2.21. The molecule has 2 N–H and O–H groups in total. The highest BCUT2D eigenvalue weighted by Gasteiger charge is 2.23. The molecule has 7 nitrogen and oxygen atoms in total. The van der Waals surface area contributed by atoms with E-state index in [1.807, 2.05) is 42.6 Å². The maximum absolute atomic E-state index is 12.4. The number of para-hydroxylation sites is 1. The molecule has 1 atom stereocenters. The summed E-state index contributed by atoms with van der Waals surface area (Å²) in [7, 11) is 0. The van der Waals surface area contributed by atoms with Gasteiger partial charge in [0.1, 0.15) is 6.07 Å². The molecule has 0 aliphatic rings. The van der Waals surface area contributed by atoms with Gasteiger partial charge in [-0.25, -0.2) is 4.79 Å². The molecule has 0 saturated heterocycles. The lowest BCUT2D eigenvalue weighted by molar-refractivity contribution is 0.243. The third kappa shape index (κ3) is 3.43. The van der Waals surface area contributed by atoms with Crippen LogP contribution in [0.4, 0.5) is 10.5 Å². The fraction of sp³-hybridized carbons (Fsp3) is 0.222. The number of fused-ring (bicyclic) bond motifs is 1. The summed E-state index contributed by atoms with van der Waals surface area (Å²) in [6.07, 6.45) is 1.87. The Labute approximate surface area is 145 Å². The van der Waals surface area contributed by atoms with Gasteiger partial charge in [-0.05, 0) is 30.2 Å². The minimum Gasteiger partial charge on any atom is -0.328 e. The first-order valence-corrected chi connectivity index (χ1v) is 7.96. The number of urea groups is 1. The van der Waals surface area contributed by atoms with Gasteiger partial charge in [0.15, 0.2) is 11.5 Å². The van der Waals surface area contributed by atoms with Crippen molar-refractivity contribution in [3.63, 3.8) is 0 Å². The van der Waals surface area contributed by atoms with E-state index in [0.717, 1.165) is 5.65 Å². The Morgan fingerprint density at radius 3 is 2.68 bits per heavy atom. The number of nitrogens with zero attached hydrogens (tertiary/aromatic N) is 4. The summed E-state index contributed by atoms with van der Waals surface area (Å²) in [4.78, 5) is 12.4. The van der Waals surface area contributed by atoms with Gasteiger partial charge in [-0.2, -0.15) is 5.26 Å². The van der Waals surface area contributed by atoms with Gasteiger partial charge in [-0.15, -0.1) is 10.2 Å². The predicted molar refractivity (Wildman–Crippen MR) is 93.9 cm³/mol. The molecule has 2 amide bonds. The van der Waals surface area contributed by atoms with Gasteiger partial charge in [0.2, 0.25) is 0 Å². The summed E-state index contributed by atoms with van der Waals surface area (Å²) in [5.41, 5.74) is 1.60. The van der Waals surface area contributed by atoms with Crippen molar-refractivity contribution in [3.8, 4) is 6.07 Å². The van der Waals surface area contributed by atoms with E-state index in [1.165, 1.54) is 0 Å². The van der Waals surface area contributed by atoms with E-state index in [-0.39, 0.29) is 12.0 Å². The Morgan fingerprint density at radius 1 is 1.16 bits per heavy atom. The lowest BCUT2D eigenvalue weighted by Gasteiger charge is -2.21. The summed E-state index contributed by atoms with van der Waals surface area (Å²) in [6.45, 7) is 4.00. The minimum atomic E-state index is -0.394. The van der Waals surface area contributed by atoms with Crippen LogP contribution in [0.25, 0.3) is 5.65 Å². The second kappa shape index (κ2) is 7.01. The number of amides is 2. The number of rotatable bonds is 4. The predicted octanol–water partition coefficient (Wildman–Crippen LogP) is 3.12. The van der Waals surface area contributed by atoms with E-state index in [1.54, 1.807) is 24.3 Å². The van der Waals surface area contributed by atoms with Crippen molar-refractivity contribution in [1.29, 1.82) is 5.26 Å². The van der Waals surface area contributed by atoms with Crippen LogP contribution in [0.1, 0.15) is 31.3 Å². The molecule has 0 radical (unpaired) electrons. The third-order valence-corrected chi connectivity index (χ3v) is 3.87. The molecule has 3 aromatic rings. The van der Waals surface area contributed by atoms with Gasteiger partial charge in [-0.1, -0.05) is 32.0 Å². The van der Waals surface area contributed by atoms with Gasteiger partial charge in [0.25, 0.3) is 0 Å². The number of carbonyl (C=O) groups is 1. The molecule has 25 heavy (non-hydrogen) atoms. The highest BCUT2D eigenvalue weighted by molar-refractivity contribution is 5.91. The van der Waals surface area contributed by atoms with Gasteiger partial charge >= 0.3 is 6.03 Å². The van der Waals surface area contributed by atoms with Crippen LogP contribution in [0.3, 0.4) is 0 Å². The molecule has 1 aromatic carbocycles. The van der Waals surface area contributed by atoms with Crippen molar-refractivity contribution in [1.82, 2.24) is 19.9 Å². The van der Waals surface area contributed by atoms with Crippen LogP contribution in [0.15, 0.2) is 48.7 Å². The van der Waals surface area contributed by atoms with Crippen LogP contribution in [0.5, 0.6) is 0 Å². The van der Waals surface area contributed by atoms with Crippen LogP contribution in [0, 0.1) is 17.2 Å². The first kappa shape index (κ1) is 16.5. The van der Waals surface area contributed by atoms with Crippen molar-refractivity contribution in [2.24, 2.45) is 5.92 Å². The Kier molecular flexibility index (Phi) is 4.61. The fourth-order valence-corrected chi connectivity index (χ4v) is 2.59. The number of carbonyl (C=O) groups excluding carboxylic acids is 1. The Hall–Kier alpha value is -3.40. The lowest BCUT2D eigenvalue weighted by Crippen LogP contribution is -2.36. The molecule has 0 fully saturated rings. The average Bonchev–Trinajstić information content (AvgIpc) is 3.03. The Bertz CT molecular complexity index is 940. The van der Waals surface area contributed by atoms with E-state index in [4.69, 9.17) is 5.26 Å². The van der Waals surface area contributed by atoms with E-state index in [9.17, 15) is 4.79 Å². The molecular weight excluding hydrogens is 316 g/mol. The van der Waals surface area contributed by atoms with Crippen LogP contribution in [-0.4, -0.2) is 20.6 Å². The zero-order chi connectivity index (χ0) is 17.8. The number of anilines is 1. The molecule has 1 unspecified atom stereocenters. The summed E-state index contributed by atoms with van der Waals surface area (Å²) >= 11 is 0. The molecule has 2 heterocycles. The van der Waals surface area contributed by atoms with Crippen LogP contribution in [0.2, 0.25) is 0 Å². The van der Waals surface area contributed by atoms with Crippen molar-refractivity contribution in [2.75, 3.05) is 5.32 Å². The Balaban J connectivity index is 1.83. The minimum absolute atomic E-state index is 0.101. The average molecular weight is 334 g/mol. The third-order valence-electron chi connectivity index (χ3n) is 3.87. The van der Waals surface area contributed by atoms with Crippen molar-refractivity contribution in [2.45, 2.75) is 19.9 Å². The number of nitrogens with one attached hydrogen (secondary N) is 2. The van der Waals surface area contributed by atoms with Gasteiger partial charge < -0.3 is 10.6 Å². The maximum Gasteiger partial charge on any atom is 0.319 e. The molecule has 0 saturated carbocycles. The Morgan fingerprint density at radius 2 is 1.92 bits per heavy atom. The first-order valence-electron chi connectivity index (χ1n) is 7.96. The topological polar surface area (TPSA) is 95.1 Å². The van der Waals surface area contributed by atoms with E-state index < -0.39 is 6.03 Å². The molecular formula is C18H18N6O. The number of aromatic nitrogens is 3. The van der Waals surface area contributed by atoms with Crippen LogP contribution < -0.4 is 10.6 Å². The normalized spacial score (nSPS) is 11.9. The monoisotopic (exact) mass is 334 g/mol. The number of pyridine rings is 1. The molecule has 0 aliphatic heterocycles. The smallest absolute Gasteiger partial charge is 0.319 e. The molecule has 126 valence electrons.